The molecule has 6 nitrogen and oxygen atoms in total. The zero-order chi connectivity index (χ0) is 12.3. The van der Waals surface area contributed by atoms with Crippen molar-refractivity contribution in [2.75, 3.05) is 27.7 Å². The van der Waals surface area contributed by atoms with E-state index in [1.165, 1.54) is 24.0 Å². The zero-order valence-electron chi connectivity index (χ0n) is 8.99. The summed E-state index contributed by atoms with van der Waals surface area (Å²) in [5.41, 5.74) is 0. The number of ether oxygens (including phenoxy) is 2. The van der Waals surface area contributed by atoms with Gasteiger partial charge in [0, 0.05) is 14.2 Å². The van der Waals surface area contributed by atoms with Gasteiger partial charge in [0.15, 0.2) is 10.7 Å². The minimum Gasteiger partial charge on any atom is -0.364 e. The first kappa shape index (κ1) is 13.6. The molecule has 0 aromatic rings. The topological polar surface area (TPSA) is 59.1 Å². The van der Waals surface area contributed by atoms with Crippen LogP contribution >= 0.6 is 25.3 Å². The number of hydrogen-bond acceptors (Lipinski definition) is 6. The molecule has 0 bridgehead atoms. The van der Waals surface area contributed by atoms with Gasteiger partial charge in [0.1, 0.15) is 13.5 Å². The summed E-state index contributed by atoms with van der Waals surface area (Å²) in [4.78, 5) is 26.1. The lowest BCUT2D eigenvalue weighted by Crippen LogP contribution is -2.62. The third-order valence-electron chi connectivity index (χ3n) is 2.13. The van der Waals surface area contributed by atoms with E-state index in [9.17, 15) is 9.59 Å². The fourth-order valence-electron chi connectivity index (χ4n) is 1.35. The Bertz CT molecular complexity index is 261. The highest BCUT2D eigenvalue weighted by molar-refractivity contribution is 7.82. The van der Waals surface area contributed by atoms with Crippen molar-refractivity contribution in [1.82, 2.24) is 9.80 Å². The zero-order valence-corrected chi connectivity index (χ0v) is 10.8. The van der Waals surface area contributed by atoms with E-state index >= 15 is 0 Å². The van der Waals surface area contributed by atoms with E-state index in [4.69, 9.17) is 9.47 Å². The van der Waals surface area contributed by atoms with E-state index in [0.29, 0.717) is 0 Å². The van der Waals surface area contributed by atoms with Crippen molar-refractivity contribution in [2.24, 2.45) is 0 Å². The van der Waals surface area contributed by atoms with Crippen molar-refractivity contribution >= 4 is 37.1 Å². The Balaban J connectivity index is 2.86. The highest BCUT2D eigenvalue weighted by Crippen LogP contribution is 2.22. The van der Waals surface area contributed by atoms with Crippen LogP contribution in [-0.2, 0) is 19.1 Å². The summed E-state index contributed by atoms with van der Waals surface area (Å²) in [6, 6.07) is 0. The lowest BCUT2D eigenvalue weighted by molar-refractivity contribution is -0.162. The minimum atomic E-state index is -0.856. The smallest absolute Gasteiger partial charge is 0.258 e. The number of thiol groups is 2. The molecule has 0 saturated carbocycles. The molecule has 1 rings (SSSR count). The van der Waals surface area contributed by atoms with Crippen molar-refractivity contribution in [2.45, 2.75) is 10.7 Å². The third-order valence-corrected chi connectivity index (χ3v) is 3.13. The molecule has 0 aliphatic carbocycles. The Morgan fingerprint density at radius 3 is 1.56 bits per heavy atom. The summed E-state index contributed by atoms with van der Waals surface area (Å²) in [6.07, 6.45) is 0. The van der Waals surface area contributed by atoms with Crippen LogP contribution in [0.3, 0.4) is 0 Å². The van der Waals surface area contributed by atoms with E-state index in [2.05, 4.69) is 25.3 Å². The Hall–Kier alpha value is -0.440. The molecule has 1 fully saturated rings. The van der Waals surface area contributed by atoms with Gasteiger partial charge in [-0.2, -0.15) is 0 Å². The van der Waals surface area contributed by atoms with Crippen LogP contribution in [0.4, 0.5) is 0 Å². The molecule has 0 N–H and O–H groups in total. The molecule has 0 radical (unpaired) electrons. The summed E-state index contributed by atoms with van der Waals surface area (Å²) >= 11 is 8.16. The van der Waals surface area contributed by atoms with E-state index in [-0.39, 0.29) is 25.3 Å². The number of methoxy groups -OCH3 is 2. The number of piperazine rings is 1. The van der Waals surface area contributed by atoms with E-state index in [1.54, 1.807) is 0 Å². The molecule has 1 aliphatic heterocycles. The second-order valence-electron chi connectivity index (χ2n) is 3.20. The van der Waals surface area contributed by atoms with E-state index in [1.807, 2.05) is 0 Å². The highest BCUT2D eigenvalue weighted by Gasteiger charge is 2.42. The maximum atomic E-state index is 11.8. The van der Waals surface area contributed by atoms with Crippen molar-refractivity contribution in [3.05, 3.63) is 0 Å². The predicted molar refractivity (Wildman–Crippen MR) is 63.0 cm³/mol. The Morgan fingerprint density at radius 2 is 1.31 bits per heavy atom. The first-order valence-electron chi connectivity index (χ1n) is 4.49. The Morgan fingerprint density at radius 1 is 1.00 bits per heavy atom. The second kappa shape index (κ2) is 5.76. The number of amides is 2. The minimum absolute atomic E-state index is 0.0105. The van der Waals surface area contributed by atoms with Crippen molar-refractivity contribution in [3.8, 4) is 0 Å². The number of hydrogen-bond donors (Lipinski definition) is 2. The Labute approximate surface area is 105 Å². The molecule has 2 amide bonds. The first-order valence-corrected chi connectivity index (χ1v) is 5.52. The number of nitrogens with zero attached hydrogens (tertiary/aromatic N) is 2. The molecule has 0 aromatic heterocycles. The maximum Gasteiger partial charge on any atom is 0.258 e. The van der Waals surface area contributed by atoms with Gasteiger partial charge in [0.25, 0.3) is 11.8 Å². The van der Waals surface area contributed by atoms with Crippen LogP contribution in [0.5, 0.6) is 0 Å². The van der Waals surface area contributed by atoms with Gasteiger partial charge in [-0.1, -0.05) is 0 Å². The van der Waals surface area contributed by atoms with Gasteiger partial charge >= 0.3 is 0 Å². The van der Waals surface area contributed by atoms with Gasteiger partial charge in [-0.05, 0) is 0 Å². The van der Waals surface area contributed by atoms with Crippen molar-refractivity contribution in [1.29, 1.82) is 0 Å². The van der Waals surface area contributed by atoms with Gasteiger partial charge in [-0.15, -0.1) is 25.3 Å². The summed E-state index contributed by atoms with van der Waals surface area (Å²) in [6.45, 7) is 0.0211. The number of carbonyl (C=O) groups is 2. The fourth-order valence-corrected chi connectivity index (χ4v) is 2.01. The molecular formula is C8H14N2O4S2. The molecule has 8 heteroatoms. The van der Waals surface area contributed by atoms with Crippen LogP contribution in [0.25, 0.3) is 0 Å². The molecule has 1 aliphatic rings. The average molecular weight is 266 g/mol. The highest BCUT2D eigenvalue weighted by atomic mass is 32.1. The largest absolute Gasteiger partial charge is 0.364 e. The van der Waals surface area contributed by atoms with E-state index < -0.39 is 10.7 Å². The molecule has 0 aromatic carbocycles. The van der Waals surface area contributed by atoms with Crippen LogP contribution in [0.15, 0.2) is 0 Å². The van der Waals surface area contributed by atoms with Crippen LogP contribution in [0.1, 0.15) is 0 Å². The van der Waals surface area contributed by atoms with Crippen LogP contribution in [0, 0.1) is 0 Å². The molecule has 1 heterocycles. The lowest BCUT2D eigenvalue weighted by atomic mass is 10.3. The molecule has 0 spiro atoms. The molecular weight excluding hydrogens is 252 g/mol. The van der Waals surface area contributed by atoms with Crippen molar-refractivity contribution in [3.63, 3.8) is 0 Å². The second-order valence-corrected chi connectivity index (χ2v) is 4.18. The fraction of sp³-hybridized carbons (Fsp3) is 0.750. The van der Waals surface area contributed by atoms with E-state index in [0.717, 1.165) is 0 Å². The molecule has 16 heavy (non-hydrogen) atoms. The summed E-state index contributed by atoms with van der Waals surface area (Å²) in [5.74, 6) is -0.663. The molecule has 2 unspecified atom stereocenters. The number of carbonyl (C=O) groups excluding carboxylic acids is 2. The normalized spacial score (nSPS) is 26.5. The maximum absolute atomic E-state index is 11.8. The van der Waals surface area contributed by atoms with Crippen LogP contribution in [0.2, 0.25) is 0 Å². The van der Waals surface area contributed by atoms with Gasteiger partial charge in [-0.3, -0.25) is 19.4 Å². The first-order chi connectivity index (χ1) is 7.54. The van der Waals surface area contributed by atoms with Gasteiger partial charge in [0.05, 0.1) is 0 Å². The summed E-state index contributed by atoms with van der Waals surface area (Å²) in [5, 5.41) is -1.71. The average Bonchev–Trinajstić information content (AvgIpc) is 2.28. The third kappa shape index (κ3) is 2.45. The standard InChI is InChI=1S/C8H14N2O4S2/c1-13-3-9-5(11)8(16)10(4-14-2)6(12)7(9)15/h7-8,15-16H,3-4H2,1-2H3. The van der Waals surface area contributed by atoms with Crippen LogP contribution in [-0.4, -0.2) is 60.0 Å². The van der Waals surface area contributed by atoms with Gasteiger partial charge in [-0.25, -0.2) is 0 Å². The molecule has 2 atom stereocenters. The summed E-state index contributed by atoms with van der Waals surface area (Å²) < 4.78 is 9.67. The Kier molecular flexibility index (Phi) is 4.90. The lowest BCUT2D eigenvalue weighted by Gasteiger charge is -2.40. The number of rotatable bonds is 4. The quantitative estimate of drug-likeness (QED) is 0.666. The van der Waals surface area contributed by atoms with Crippen LogP contribution < -0.4 is 0 Å². The van der Waals surface area contributed by atoms with Crippen molar-refractivity contribution < 1.29 is 19.1 Å². The predicted octanol–water partition coefficient (Wildman–Crippen LogP) is -0.623. The molecule has 92 valence electrons. The van der Waals surface area contributed by atoms with Gasteiger partial charge in [0.2, 0.25) is 0 Å². The molecule has 1 saturated heterocycles. The van der Waals surface area contributed by atoms with Gasteiger partial charge < -0.3 is 9.47 Å². The SMILES string of the molecule is COCN1C(=O)C(S)N(COC)C(=O)C1S. The summed E-state index contributed by atoms with van der Waals surface area (Å²) in [7, 11) is 2.88. The monoisotopic (exact) mass is 266 g/mol.